The van der Waals surface area contributed by atoms with Gasteiger partial charge in [-0.15, -0.1) is 0 Å². The largest absolute Gasteiger partial charge is 0.442 e. The lowest BCUT2D eigenvalue weighted by molar-refractivity contribution is -0.127. The molecule has 4 aliphatic rings. The van der Waals surface area contributed by atoms with Gasteiger partial charge in [0.25, 0.3) is 5.91 Å². The average molecular weight is 569 g/mol. The second kappa shape index (κ2) is 12.9. The summed E-state index contributed by atoms with van der Waals surface area (Å²) in [6.45, 7) is 12.6. The van der Waals surface area contributed by atoms with E-state index < -0.39 is 0 Å². The topological polar surface area (TPSA) is 85.9 Å². The molecule has 1 aliphatic carbocycles. The van der Waals surface area contributed by atoms with Gasteiger partial charge in [0.1, 0.15) is 5.60 Å². The minimum Gasteiger partial charge on any atom is -0.442 e. The maximum Gasteiger partial charge on any atom is 0.410 e. The second-order valence-electron chi connectivity index (χ2n) is 13.4. The Balaban J connectivity index is 1.16. The third-order valence-electron chi connectivity index (χ3n) is 10.8. The highest BCUT2D eigenvalue weighted by Crippen LogP contribution is 2.42. The molecular formula is C33H52N4O4. The van der Waals surface area contributed by atoms with E-state index >= 15 is 0 Å². The number of ether oxygens (including phenoxy) is 1. The van der Waals surface area contributed by atoms with Gasteiger partial charge in [0, 0.05) is 76.7 Å². The molecule has 0 bridgehead atoms. The molecule has 0 radical (unpaired) electrons. The molecular weight excluding hydrogens is 516 g/mol. The molecule has 228 valence electrons. The summed E-state index contributed by atoms with van der Waals surface area (Å²) in [6.07, 6.45) is 13.6. The van der Waals surface area contributed by atoms with Crippen molar-refractivity contribution in [3.63, 3.8) is 0 Å². The molecule has 8 heteroatoms. The summed E-state index contributed by atoms with van der Waals surface area (Å²) in [5.41, 5.74) is 2.42. The summed E-state index contributed by atoms with van der Waals surface area (Å²) in [7, 11) is 0. The molecule has 3 saturated heterocycles. The number of Topliss-reactive ketones (excluding diaryl/α,β-unsaturated/α-hetero) is 1. The van der Waals surface area contributed by atoms with Gasteiger partial charge in [-0.2, -0.15) is 0 Å². The van der Waals surface area contributed by atoms with Crippen LogP contribution in [0.1, 0.15) is 123 Å². The molecule has 1 atom stereocenters. The van der Waals surface area contributed by atoms with Crippen LogP contribution in [0.3, 0.4) is 0 Å². The zero-order valence-corrected chi connectivity index (χ0v) is 25.9. The molecule has 1 saturated carbocycles. The number of carbonyl (C=O) groups excluding carboxylic acids is 3. The first-order chi connectivity index (χ1) is 19.7. The van der Waals surface area contributed by atoms with Crippen molar-refractivity contribution in [2.45, 2.75) is 116 Å². The molecule has 4 heterocycles. The van der Waals surface area contributed by atoms with Crippen LogP contribution in [-0.4, -0.2) is 88.4 Å². The minimum atomic E-state index is -0.319. The van der Waals surface area contributed by atoms with E-state index in [9.17, 15) is 14.4 Å². The van der Waals surface area contributed by atoms with Gasteiger partial charge in [0.15, 0.2) is 5.78 Å². The number of aromatic nitrogens is 1. The summed E-state index contributed by atoms with van der Waals surface area (Å²) in [5.74, 6) is 1.05. The number of piperidine rings is 2. The van der Waals surface area contributed by atoms with Crippen molar-refractivity contribution in [2.24, 2.45) is 11.8 Å². The van der Waals surface area contributed by atoms with Crippen LogP contribution >= 0.6 is 0 Å². The minimum absolute atomic E-state index is 0.0328. The summed E-state index contributed by atoms with van der Waals surface area (Å²) >= 11 is 0. The standard InChI is InChI=1S/C33H52N4O4/c1-5-6-12-27-22-37(21-26-10-8-7-9-11-26)32(40)41-33(27)15-19-35(20-16-33)28-13-17-36(18-14-28)31(39)29-23(2)30(25(4)38)34-24(29)3/h26-28,34H,5-22H2,1-4H3. The van der Waals surface area contributed by atoms with Crippen LogP contribution in [0, 0.1) is 25.7 Å². The van der Waals surface area contributed by atoms with E-state index in [0.29, 0.717) is 29.1 Å². The van der Waals surface area contributed by atoms with E-state index in [2.05, 4.69) is 16.8 Å². The molecule has 5 rings (SSSR count). The molecule has 2 amide bonds. The molecule has 1 N–H and O–H groups in total. The Bertz CT molecular complexity index is 1090. The van der Waals surface area contributed by atoms with E-state index in [4.69, 9.17) is 4.74 Å². The van der Waals surface area contributed by atoms with Crippen LogP contribution < -0.4 is 0 Å². The fraction of sp³-hybridized carbons (Fsp3) is 0.788. The Kier molecular flexibility index (Phi) is 9.47. The normalized spacial score (nSPS) is 24.6. The number of nitrogens with zero attached hydrogens (tertiary/aromatic N) is 3. The van der Waals surface area contributed by atoms with Crippen molar-refractivity contribution in [1.82, 2.24) is 19.7 Å². The highest BCUT2D eigenvalue weighted by molar-refractivity contribution is 6.02. The van der Waals surface area contributed by atoms with Crippen LogP contribution in [0.25, 0.3) is 0 Å². The Labute approximate surface area is 246 Å². The first kappa shape index (κ1) is 30.1. The fourth-order valence-electron chi connectivity index (χ4n) is 8.26. The van der Waals surface area contributed by atoms with Gasteiger partial charge in [0.2, 0.25) is 0 Å². The summed E-state index contributed by atoms with van der Waals surface area (Å²) in [5, 5.41) is 0. The predicted molar refractivity (Wildman–Crippen MR) is 160 cm³/mol. The van der Waals surface area contributed by atoms with Gasteiger partial charge in [-0.3, -0.25) is 14.5 Å². The zero-order valence-electron chi connectivity index (χ0n) is 25.9. The van der Waals surface area contributed by atoms with Gasteiger partial charge in [-0.25, -0.2) is 4.79 Å². The molecule has 1 unspecified atom stereocenters. The third-order valence-corrected chi connectivity index (χ3v) is 10.8. The van der Waals surface area contributed by atoms with Crippen LogP contribution in [0.15, 0.2) is 0 Å². The number of likely N-dealkylation sites (tertiary alicyclic amines) is 2. The number of carbonyl (C=O) groups is 3. The molecule has 41 heavy (non-hydrogen) atoms. The van der Waals surface area contributed by atoms with Crippen LogP contribution in [0.4, 0.5) is 4.79 Å². The number of nitrogens with one attached hydrogen (secondary N) is 1. The quantitative estimate of drug-likeness (QED) is 0.382. The highest BCUT2D eigenvalue weighted by atomic mass is 16.6. The van der Waals surface area contributed by atoms with Crippen molar-refractivity contribution >= 4 is 17.8 Å². The van der Waals surface area contributed by atoms with Gasteiger partial charge in [0.05, 0.1) is 11.3 Å². The molecule has 4 fully saturated rings. The van der Waals surface area contributed by atoms with Crippen molar-refractivity contribution in [1.29, 1.82) is 0 Å². The molecule has 0 aromatic carbocycles. The Morgan fingerprint density at radius 1 is 1.00 bits per heavy atom. The number of unbranched alkanes of at least 4 members (excludes halogenated alkanes) is 1. The lowest BCUT2D eigenvalue weighted by Gasteiger charge is -2.52. The van der Waals surface area contributed by atoms with E-state index in [1.807, 2.05) is 23.6 Å². The van der Waals surface area contributed by atoms with Crippen molar-refractivity contribution < 1.29 is 19.1 Å². The van der Waals surface area contributed by atoms with Gasteiger partial charge in [-0.05, 0) is 57.4 Å². The Morgan fingerprint density at radius 2 is 1.68 bits per heavy atom. The van der Waals surface area contributed by atoms with E-state index in [-0.39, 0.29) is 23.4 Å². The number of ketones is 1. The number of hydrogen-bond donors (Lipinski definition) is 1. The van der Waals surface area contributed by atoms with E-state index in [0.717, 1.165) is 82.6 Å². The first-order valence-electron chi connectivity index (χ1n) is 16.4. The maximum atomic E-state index is 13.4. The molecule has 3 aliphatic heterocycles. The lowest BCUT2D eigenvalue weighted by atomic mass is 9.75. The van der Waals surface area contributed by atoms with Crippen molar-refractivity contribution in [3.05, 3.63) is 22.5 Å². The Hall–Kier alpha value is -2.35. The molecule has 1 aromatic rings. The summed E-state index contributed by atoms with van der Waals surface area (Å²) in [4.78, 5) is 48.3. The third kappa shape index (κ3) is 6.37. The number of amides is 2. The SMILES string of the molecule is CCCCC1CN(CC2CCCCC2)C(=O)OC12CCN(C1CCN(C(=O)c3c(C)[nH]c(C(C)=O)c3C)CC1)CC2. The number of rotatable bonds is 8. The predicted octanol–water partition coefficient (Wildman–Crippen LogP) is 6.11. The highest BCUT2D eigenvalue weighted by Gasteiger charge is 2.50. The van der Waals surface area contributed by atoms with E-state index in [1.54, 1.807) is 0 Å². The first-order valence-corrected chi connectivity index (χ1v) is 16.4. The van der Waals surface area contributed by atoms with E-state index in [1.165, 1.54) is 51.9 Å². The van der Waals surface area contributed by atoms with Crippen LogP contribution in [0.2, 0.25) is 0 Å². The zero-order chi connectivity index (χ0) is 29.1. The van der Waals surface area contributed by atoms with Crippen molar-refractivity contribution in [2.75, 3.05) is 39.3 Å². The van der Waals surface area contributed by atoms with Crippen LogP contribution in [0.5, 0.6) is 0 Å². The second-order valence-corrected chi connectivity index (χ2v) is 13.4. The number of hydrogen-bond acceptors (Lipinski definition) is 5. The monoisotopic (exact) mass is 568 g/mol. The number of aryl methyl sites for hydroxylation is 1. The average Bonchev–Trinajstić information content (AvgIpc) is 3.28. The number of H-pyrrole nitrogens is 1. The van der Waals surface area contributed by atoms with Gasteiger partial charge < -0.3 is 19.5 Å². The number of aromatic amines is 1. The molecule has 1 aromatic heterocycles. The van der Waals surface area contributed by atoms with Crippen molar-refractivity contribution in [3.8, 4) is 0 Å². The fourth-order valence-corrected chi connectivity index (χ4v) is 8.26. The molecule has 8 nitrogen and oxygen atoms in total. The van der Waals surface area contributed by atoms with Crippen LogP contribution in [-0.2, 0) is 4.74 Å². The summed E-state index contributed by atoms with van der Waals surface area (Å²) < 4.78 is 6.43. The maximum absolute atomic E-state index is 13.4. The molecule has 1 spiro atoms. The van der Waals surface area contributed by atoms with Gasteiger partial charge in [-0.1, -0.05) is 39.0 Å². The lowest BCUT2D eigenvalue weighted by Crippen LogP contribution is -2.61. The Morgan fingerprint density at radius 3 is 2.29 bits per heavy atom. The van der Waals surface area contributed by atoms with Gasteiger partial charge >= 0.3 is 6.09 Å². The smallest absolute Gasteiger partial charge is 0.410 e. The summed E-state index contributed by atoms with van der Waals surface area (Å²) in [6, 6.07) is 0.453.